The van der Waals surface area contributed by atoms with Crippen molar-refractivity contribution in [2.45, 2.75) is 44.8 Å². The van der Waals surface area contributed by atoms with Crippen LogP contribution in [0, 0.1) is 0 Å². The molecule has 5 heteroatoms. The van der Waals surface area contributed by atoms with Gasteiger partial charge < -0.3 is 20.5 Å². The maximum absolute atomic E-state index is 6.20. The molecule has 0 amide bonds. The lowest BCUT2D eigenvalue weighted by atomic mass is 9.82. The molecule has 2 rings (SSSR count). The zero-order valence-electron chi connectivity index (χ0n) is 13.1. The van der Waals surface area contributed by atoms with Crippen LogP contribution in [0.25, 0.3) is 0 Å². The van der Waals surface area contributed by atoms with Crippen molar-refractivity contribution in [3.63, 3.8) is 0 Å². The molecule has 3 N–H and O–H groups in total. The largest absolute Gasteiger partial charge is 0.384 e. The molecule has 0 aliphatic carbocycles. The Morgan fingerprint density at radius 3 is 2.81 bits per heavy atom. The van der Waals surface area contributed by atoms with Crippen molar-refractivity contribution >= 4 is 5.82 Å². The first kappa shape index (κ1) is 16.2. The lowest BCUT2D eigenvalue weighted by molar-refractivity contribution is -0.126. The fraction of sp³-hybridized carbons (Fsp3) is 0.688. The van der Waals surface area contributed by atoms with E-state index < -0.39 is 0 Å². The monoisotopic (exact) mass is 293 g/mol. The number of nitrogens with two attached hydrogens (primary N) is 1. The molecule has 0 bridgehead atoms. The predicted octanol–water partition coefficient (Wildman–Crippen LogP) is 1.77. The minimum absolute atomic E-state index is 0.152. The summed E-state index contributed by atoms with van der Waals surface area (Å²) >= 11 is 0. The molecule has 1 unspecified atom stereocenters. The van der Waals surface area contributed by atoms with Crippen LogP contribution in [0.3, 0.4) is 0 Å². The number of likely N-dealkylation sites (N-methyl/N-ethyl adjacent to an activating group) is 1. The Morgan fingerprint density at radius 2 is 2.19 bits per heavy atom. The van der Waals surface area contributed by atoms with Crippen molar-refractivity contribution in [3.05, 3.63) is 23.9 Å². The van der Waals surface area contributed by atoms with Crippen molar-refractivity contribution < 1.29 is 9.47 Å². The number of anilines is 1. The maximum atomic E-state index is 6.20. The van der Waals surface area contributed by atoms with Crippen molar-refractivity contribution in [1.29, 1.82) is 0 Å². The van der Waals surface area contributed by atoms with Gasteiger partial charge in [0.25, 0.3) is 0 Å². The standard InChI is InChI=1S/C16H27N3O2/c1-3-18-14(11-13-5-8-19-15(17)12-13)16(21-4-2)6-9-20-10-7-16/h5,8,12,14,18H,3-4,6-7,9-11H2,1-2H3,(H2,17,19). The van der Waals surface area contributed by atoms with Crippen LogP contribution in [0.15, 0.2) is 18.3 Å². The summed E-state index contributed by atoms with van der Waals surface area (Å²) in [5.41, 5.74) is 6.84. The topological polar surface area (TPSA) is 69.4 Å². The van der Waals surface area contributed by atoms with Crippen LogP contribution in [0.1, 0.15) is 32.3 Å². The zero-order chi connectivity index (χ0) is 15.1. The highest BCUT2D eigenvalue weighted by Gasteiger charge is 2.40. The summed E-state index contributed by atoms with van der Waals surface area (Å²) in [6, 6.07) is 4.23. The van der Waals surface area contributed by atoms with E-state index in [0.717, 1.165) is 45.6 Å². The molecule has 1 aromatic rings. The van der Waals surface area contributed by atoms with Gasteiger partial charge in [0.05, 0.1) is 5.60 Å². The Kier molecular flexibility index (Phi) is 5.96. The third-order valence-electron chi connectivity index (χ3n) is 4.14. The van der Waals surface area contributed by atoms with Gasteiger partial charge in [-0.1, -0.05) is 6.92 Å². The molecular formula is C16H27N3O2. The average Bonchev–Trinajstić information content (AvgIpc) is 2.48. The van der Waals surface area contributed by atoms with Gasteiger partial charge in [-0.05, 0) is 37.6 Å². The number of nitrogens with zero attached hydrogens (tertiary/aromatic N) is 1. The molecule has 5 nitrogen and oxygen atoms in total. The Morgan fingerprint density at radius 1 is 1.43 bits per heavy atom. The van der Waals surface area contributed by atoms with Crippen molar-refractivity contribution in [3.8, 4) is 0 Å². The van der Waals surface area contributed by atoms with E-state index in [-0.39, 0.29) is 11.6 Å². The molecule has 1 aliphatic rings. The number of hydrogen-bond donors (Lipinski definition) is 2. The first-order valence-corrected chi connectivity index (χ1v) is 7.85. The number of aromatic nitrogens is 1. The molecule has 118 valence electrons. The van der Waals surface area contributed by atoms with Crippen LogP contribution >= 0.6 is 0 Å². The van der Waals surface area contributed by atoms with Gasteiger partial charge in [-0.25, -0.2) is 4.98 Å². The van der Waals surface area contributed by atoms with Gasteiger partial charge >= 0.3 is 0 Å². The number of ether oxygens (including phenoxy) is 2. The molecule has 1 saturated heterocycles. The lowest BCUT2D eigenvalue weighted by Crippen LogP contribution is -2.56. The Balaban J connectivity index is 2.18. The second-order valence-electron chi connectivity index (χ2n) is 5.51. The third kappa shape index (κ3) is 4.15. The van der Waals surface area contributed by atoms with Crippen molar-refractivity contribution in [2.75, 3.05) is 32.1 Å². The second-order valence-corrected chi connectivity index (χ2v) is 5.51. The third-order valence-corrected chi connectivity index (χ3v) is 4.14. The summed E-state index contributed by atoms with van der Waals surface area (Å²) in [5.74, 6) is 0.570. The fourth-order valence-corrected chi connectivity index (χ4v) is 3.15. The van der Waals surface area contributed by atoms with Gasteiger partial charge in [0.1, 0.15) is 5.82 Å². The average molecular weight is 293 g/mol. The van der Waals surface area contributed by atoms with Gasteiger partial charge in [0.2, 0.25) is 0 Å². The van der Waals surface area contributed by atoms with Gasteiger partial charge in [-0.3, -0.25) is 0 Å². The normalized spacial score (nSPS) is 19.3. The molecule has 1 aliphatic heterocycles. The number of rotatable bonds is 7. The van der Waals surface area contributed by atoms with Crippen LogP contribution in [0.4, 0.5) is 5.82 Å². The highest BCUT2D eigenvalue weighted by Crippen LogP contribution is 2.31. The SMILES string of the molecule is CCNC(Cc1ccnc(N)c1)C1(OCC)CCOCC1. The van der Waals surface area contributed by atoms with Crippen LogP contribution in [-0.2, 0) is 15.9 Å². The molecule has 1 atom stereocenters. The summed E-state index contributed by atoms with van der Waals surface area (Å²) in [7, 11) is 0. The quantitative estimate of drug-likeness (QED) is 0.802. The van der Waals surface area contributed by atoms with E-state index in [1.165, 1.54) is 5.56 Å². The van der Waals surface area contributed by atoms with Crippen LogP contribution in [-0.4, -0.2) is 43.0 Å². The van der Waals surface area contributed by atoms with Crippen molar-refractivity contribution in [2.24, 2.45) is 0 Å². The summed E-state index contributed by atoms with van der Waals surface area (Å²) in [4.78, 5) is 4.07. The smallest absolute Gasteiger partial charge is 0.123 e. The van der Waals surface area contributed by atoms with E-state index in [1.807, 2.05) is 12.1 Å². The van der Waals surface area contributed by atoms with Gasteiger partial charge in [-0.15, -0.1) is 0 Å². The maximum Gasteiger partial charge on any atom is 0.123 e. The highest BCUT2D eigenvalue weighted by atomic mass is 16.5. The van der Waals surface area contributed by atoms with Gasteiger partial charge in [-0.2, -0.15) is 0 Å². The molecule has 21 heavy (non-hydrogen) atoms. The molecule has 0 radical (unpaired) electrons. The molecular weight excluding hydrogens is 266 g/mol. The lowest BCUT2D eigenvalue weighted by Gasteiger charge is -2.43. The van der Waals surface area contributed by atoms with Crippen LogP contribution in [0.2, 0.25) is 0 Å². The molecule has 1 fully saturated rings. The molecule has 0 spiro atoms. The minimum atomic E-state index is -0.152. The number of pyridine rings is 1. The zero-order valence-corrected chi connectivity index (χ0v) is 13.1. The van der Waals surface area contributed by atoms with E-state index in [1.54, 1.807) is 6.20 Å². The van der Waals surface area contributed by atoms with Crippen LogP contribution < -0.4 is 11.1 Å². The van der Waals surface area contributed by atoms with E-state index in [0.29, 0.717) is 5.82 Å². The fourth-order valence-electron chi connectivity index (χ4n) is 3.15. The summed E-state index contributed by atoms with van der Waals surface area (Å²) in [5, 5.41) is 3.60. The Hall–Kier alpha value is -1.17. The van der Waals surface area contributed by atoms with Crippen LogP contribution in [0.5, 0.6) is 0 Å². The molecule has 0 aromatic carbocycles. The first-order chi connectivity index (χ1) is 10.2. The van der Waals surface area contributed by atoms with Crippen molar-refractivity contribution in [1.82, 2.24) is 10.3 Å². The molecule has 2 heterocycles. The summed E-state index contributed by atoms with van der Waals surface area (Å²) in [6.45, 7) is 7.36. The van der Waals surface area contributed by atoms with E-state index in [4.69, 9.17) is 15.2 Å². The summed E-state index contributed by atoms with van der Waals surface area (Å²) in [6.07, 6.45) is 4.52. The first-order valence-electron chi connectivity index (χ1n) is 7.85. The van der Waals surface area contributed by atoms with Gasteiger partial charge in [0, 0.05) is 44.9 Å². The highest BCUT2D eigenvalue weighted by molar-refractivity contribution is 5.32. The molecule has 0 saturated carbocycles. The Labute approximate surface area is 127 Å². The Bertz CT molecular complexity index is 428. The second kappa shape index (κ2) is 7.73. The predicted molar refractivity (Wildman–Crippen MR) is 84.2 cm³/mol. The van der Waals surface area contributed by atoms with Gasteiger partial charge in [0.15, 0.2) is 0 Å². The minimum Gasteiger partial charge on any atom is -0.384 e. The number of nitrogens with one attached hydrogen (secondary N) is 1. The number of nitrogen functional groups attached to an aromatic ring is 1. The van der Waals surface area contributed by atoms with E-state index in [9.17, 15) is 0 Å². The van der Waals surface area contributed by atoms with E-state index >= 15 is 0 Å². The van der Waals surface area contributed by atoms with E-state index in [2.05, 4.69) is 24.1 Å². The number of hydrogen-bond acceptors (Lipinski definition) is 5. The summed E-state index contributed by atoms with van der Waals surface area (Å²) < 4.78 is 11.7. The molecule has 1 aromatic heterocycles.